The van der Waals surface area contributed by atoms with Gasteiger partial charge in [0.25, 0.3) is 0 Å². The third-order valence-corrected chi connectivity index (χ3v) is 2.87. The summed E-state index contributed by atoms with van der Waals surface area (Å²) in [5.41, 5.74) is 6.75. The number of amides is 1. The van der Waals surface area contributed by atoms with Crippen molar-refractivity contribution in [2.24, 2.45) is 0 Å². The highest BCUT2D eigenvalue weighted by Crippen LogP contribution is 2.21. The molecule has 3 N–H and O–H groups in total. The van der Waals surface area contributed by atoms with Crippen LogP contribution in [-0.4, -0.2) is 29.0 Å². The second-order valence-electron chi connectivity index (χ2n) is 4.18. The minimum Gasteiger partial charge on any atom is -0.507 e. The predicted octanol–water partition coefficient (Wildman–Crippen LogP) is 1.61. The highest BCUT2D eigenvalue weighted by molar-refractivity contribution is 5.92. The molecule has 0 radical (unpaired) electrons. The molecular formula is C13H16N2O2. The van der Waals surface area contributed by atoms with Gasteiger partial charge in [-0.1, -0.05) is 0 Å². The van der Waals surface area contributed by atoms with Crippen LogP contribution in [0, 0.1) is 0 Å². The van der Waals surface area contributed by atoms with Crippen LogP contribution in [0.4, 0.5) is 5.69 Å². The van der Waals surface area contributed by atoms with Gasteiger partial charge >= 0.3 is 0 Å². The molecule has 2 rings (SSSR count). The molecule has 1 aliphatic heterocycles. The monoisotopic (exact) mass is 232 g/mol. The van der Waals surface area contributed by atoms with Gasteiger partial charge in [-0.2, -0.15) is 0 Å². The largest absolute Gasteiger partial charge is 0.507 e. The lowest BCUT2D eigenvalue weighted by atomic mass is 10.1. The van der Waals surface area contributed by atoms with E-state index < -0.39 is 0 Å². The first kappa shape index (κ1) is 11.5. The number of hydrogen-bond acceptors (Lipinski definition) is 3. The lowest BCUT2D eigenvalue weighted by Crippen LogP contribution is -2.25. The minimum absolute atomic E-state index is 0.00988. The van der Waals surface area contributed by atoms with Crippen LogP contribution in [0.2, 0.25) is 0 Å². The summed E-state index contributed by atoms with van der Waals surface area (Å²) in [6.07, 6.45) is 5.23. The summed E-state index contributed by atoms with van der Waals surface area (Å²) < 4.78 is 0. The Morgan fingerprint density at radius 1 is 1.35 bits per heavy atom. The molecule has 0 unspecified atom stereocenters. The maximum absolute atomic E-state index is 11.7. The van der Waals surface area contributed by atoms with E-state index in [1.165, 1.54) is 12.1 Å². The van der Waals surface area contributed by atoms with Crippen molar-refractivity contribution in [3.05, 3.63) is 29.8 Å². The van der Waals surface area contributed by atoms with E-state index in [9.17, 15) is 9.90 Å². The number of benzene rings is 1. The van der Waals surface area contributed by atoms with E-state index in [0.717, 1.165) is 25.9 Å². The molecule has 4 heteroatoms. The van der Waals surface area contributed by atoms with Crippen molar-refractivity contribution >= 4 is 17.7 Å². The van der Waals surface area contributed by atoms with Gasteiger partial charge in [0.2, 0.25) is 5.91 Å². The molecule has 17 heavy (non-hydrogen) atoms. The molecular weight excluding hydrogens is 216 g/mol. The van der Waals surface area contributed by atoms with Crippen LogP contribution in [0.15, 0.2) is 24.3 Å². The topological polar surface area (TPSA) is 66.6 Å². The first-order valence-corrected chi connectivity index (χ1v) is 5.72. The zero-order valence-electron chi connectivity index (χ0n) is 9.60. The fraction of sp³-hybridized carbons (Fsp3) is 0.308. The number of nitrogen functional groups attached to an aromatic ring is 1. The molecule has 1 saturated heterocycles. The van der Waals surface area contributed by atoms with E-state index in [-0.39, 0.29) is 11.7 Å². The second-order valence-corrected chi connectivity index (χ2v) is 4.18. The Balaban J connectivity index is 2.08. The SMILES string of the molecule is Nc1ccc(O)c(C=CC(=O)N2CCCC2)c1. The van der Waals surface area contributed by atoms with Crippen LogP contribution < -0.4 is 5.73 Å². The Bertz CT molecular complexity index is 449. The number of likely N-dealkylation sites (tertiary alicyclic amines) is 1. The van der Waals surface area contributed by atoms with Gasteiger partial charge in [0.15, 0.2) is 0 Å². The molecule has 1 aromatic rings. The van der Waals surface area contributed by atoms with Crippen molar-refractivity contribution in [3.8, 4) is 5.75 Å². The van der Waals surface area contributed by atoms with Crippen molar-refractivity contribution in [2.75, 3.05) is 18.8 Å². The molecule has 1 fully saturated rings. The van der Waals surface area contributed by atoms with Gasteiger partial charge in [0, 0.05) is 30.4 Å². The summed E-state index contributed by atoms with van der Waals surface area (Å²) in [6.45, 7) is 1.65. The van der Waals surface area contributed by atoms with E-state index in [1.54, 1.807) is 23.1 Å². The first-order valence-electron chi connectivity index (χ1n) is 5.72. The van der Waals surface area contributed by atoms with Crippen LogP contribution >= 0.6 is 0 Å². The zero-order chi connectivity index (χ0) is 12.3. The van der Waals surface area contributed by atoms with Gasteiger partial charge in [-0.05, 0) is 37.1 Å². The maximum atomic E-state index is 11.7. The van der Waals surface area contributed by atoms with E-state index in [2.05, 4.69) is 0 Å². The quantitative estimate of drug-likeness (QED) is 0.462. The Morgan fingerprint density at radius 3 is 2.76 bits per heavy atom. The highest BCUT2D eigenvalue weighted by Gasteiger charge is 2.15. The molecule has 1 aromatic carbocycles. The zero-order valence-corrected chi connectivity index (χ0v) is 9.60. The summed E-state index contributed by atoms with van der Waals surface area (Å²) in [6, 6.07) is 4.79. The summed E-state index contributed by atoms with van der Waals surface area (Å²) in [5, 5.41) is 9.58. The summed E-state index contributed by atoms with van der Waals surface area (Å²) in [4.78, 5) is 13.5. The molecule has 0 atom stereocenters. The van der Waals surface area contributed by atoms with Crippen molar-refractivity contribution in [1.82, 2.24) is 4.90 Å². The maximum Gasteiger partial charge on any atom is 0.246 e. The number of phenolic OH excluding ortho intramolecular Hbond substituents is 1. The Labute approximate surface area is 100 Å². The van der Waals surface area contributed by atoms with Crippen molar-refractivity contribution in [3.63, 3.8) is 0 Å². The Kier molecular flexibility index (Phi) is 3.32. The molecule has 0 bridgehead atoms. The number of carbonyl (C=O) groups is 1. The third kappa shape index (κ3) is 2.78. The van der Waals surface area contributed by atoms with Crippen LogP contribution in [0.25, 0.3) is 6.08 Å². The van der Waals surface area contributed by atoms with Crippen LogP contribution in [0.1, 0.15) is 18.4 Å². The molecule has 1 amide bonds. The summed E-state index contributed by atoms with van der Waals surface area (Å²) in [7, 11) is 0. The fourth-order valence-corrected chi connectivity index (χ4v) is 1.91. The van der Waals surface area contributed by atoms with Crippen LogP contribution in [-0.2, 0) is 4.79 Å². The molecule has 0 saturated carbocycles. The molecule has 0 aliphatic carbocycles. The highest BCUT2D eigenvalue weighted by atomic mass is 16.3. The van der Waals surface area contributed by atoms with Crippen molar-refractivity contribution in [1.29, 1.82) is 0 Å². The van der Waals surface area contributed by atoms with Gasteiger partial charge in [-0.3, -0.25) is 4.79 Å². The van der Waals surface area contributed by atoms with Gasteiger partial charge in [-0.25, -0.2) is 0 Å². The molecule has 90 valence electrons. The average molecular weight is 232 g/mol. The molecule has 0 spiro atoms. The number of rotatable bonds is 2. The molecule has 0 aromatic heterocycles. The lowest BCUT2D eigenvalue weighted by Gasteiger charge is -2.11. The van der Waals surface area contributed by atoms with Crippen LogP contribution in [0.5, 0.6) is 5.75 Å². The Hall–Kier alpha value is -1.97. The Morgan fingerprint density at radius 2 is 2.06 bits per heavy atom. The summed E-state index contributed by atoms with van der Waals surface area (Å²) >= 11 is 0. The fourth-order valence-electron chi connectivity index (χ4n) is 1.91. The van der Waals surface area contributed by atoms with Crippen LogP contribution in [0.3, 0.4) is 0 Å². The van der Waals surface area contributed by atoms with E-state index in [0.29, 0.717) is 11.3 Å². The van der Waals surface area contributed by atoms with E-state index in [4.69, 9.17) is 5.73 Å². The predicted molar refractivity (Wildman–Crippen MR) is 67.4 cm³/mol. The third-order valence-electron chi connectivity index (χ3n) is 2.87. The van der Waals surface area contributed by atoms with Crippen molar-refractivity contribution < 1.29 is 9.90 Å². The standard InChI is InChI=1S/C13H16N2O2/c14-11-4-5-12(16)10(9-11)3-6-13(17)15-7-1-2-8-15/h3-6,9,16H,1-2,7-8,14H2. The normalized spacial score (nSPS) is 15.6. The minimum atomic E-state index is -0.00988. The van der Waals surface area contributed by atoms with E-state index >= 15 is 0 Å². The number of carbonyl (C=O) groups excluding carboxylic acids is 1. The number of anilines is 1. The number of phenols is 1. The average Bonchev–Trinajstić information content (AvgIpc) is 2.83. The van der Waals surface area contributed by atoms with Crippen molar-refractivity contribution in [2.45, 2.75) is 12.8 Å². The van der Waals surface area contributed by atoms with Gasteiger partial charge in [0.1, 0.15) is 5.75 Å². The number of aromatic hydroxyl groups is 1. The second kappa shape index (κ2) is 4.91. The van der Waals surface area contributed by atoms with Gasteiger partial charge in [0.05, 0.1) is 0 Å². The molecule has 1 aliphatic rings. The first-order chi connectivity index (χ1) is 8.16. The van der Waals surface area contributed by atoms with E-state index in [1.807, 2.05) is 0 Å². The lowest BCUT2D eigenvalue weighted by molar-refractivity contribution is -0.124. The number of hydrogen-bond donors (Lipinski definition) is 2. The smallest absolute Gasteiger partial charge is 0.246 e. The summed E-state index contributed by atoms with van der Waals surface area (Å²) in [5.74, 6) is 0.119. The van der Waals surface area contributed by atoms with Gasteiger partial charge in [-0.15, -0.1) is 0 Å². The van der Waals surface area contributed by atoms with Gasteiger partial charge < -0.3 is 15.7 Å². The molecule has 4 nitrogen and oxygen atoms in total. The number of nitrogens with zero attached hydrogens (tertiary/aromatic N) is 1. The molecule has 1 heterocycles. The number of nitrogens with two attached hydrogens (primary N) is 1.